The number of hydrogen-bond acceptors (Lipinski definition) is 12. The number of aliphatic hydroxyl groups excluding tert-OH is 3. The number of nitrogens with one attached hydrogen (secondary N) is 3. The number of ketones is 1. The van der Waals surface area contributed by atoms with E-state index in [0.29, 0.717) is 58.0 Å². The van der Waals surface area contributed by atoms with Gasteiger partial charge in [-0.1, -0.05) is 42.2 Å². The van der Waals surface area contributed by atoms with Crippen LogP contribution >= 0.6 is 0 Å². The molecule has 6 aromatic rings. The van der Waals surface area contributed by atoms with Crippen LogP contribution in [0.15, 0.2) is 85.2 Å². The molecule has 77 heavy (non-hydrogen) atoms. The molecule has 3 fully saturated rings. The first kappa shape index (κ1) is 52.2. The number of cyclic esters (lactones) is 1. The molecule has 2 bridgehead atoms. The second-order valence-electron chi connectivity index (χ2n) is 22.8. The van der Waals surface area contributed by atoms with E-state index in [0.717, 1.165) is 61.7 Å². The number of methoxy groups -OCH3 is 1. The molecule has 0 amide bonds. The van der Waals surface area contributed by atoms with E-state index in [1.54, 1.807) is 25.1 Å². The third-order valence-electron chi connectivity index (χ3n) is 18.1. The molecule has 5 aliphatic rings. The molecule has 1 spiro atoms. The van der Waals surface area contributed by atoms with E-state index >= 15 is 4.79 Å². The van der Waals surface area contributed by atoms with Gasteiger partial charge in [-0.15, -0.1) is 0 Å². The molecule has 0 radical (unpaired) electrons. The number of carbonyl (C=O) groups excluding carboxylic acids is 3. The van der Waals surface area contributed by atoms with Crippen molar-refractivity contribution in [3.05, 3.63) is 113 Å². The van der Waals surface area contributed by atoms with Crippen LogP contribution in [0.5, 0.6) is 23.0 Å². The van der Waals surface area contributed by atoms with Gasteiger partial charge < -0.3 is 64.4 Å². The number of H-pyrrole nitrogens is 2. The molecule has 0 saturated heterocycles. The Balaban J connectivity index is 1.07. The highest BCUT2D eigenvalue weighted by Crippen LogP contribution is 2.68. The maximum atomic E-state index is 15.3. The zero-order valence-electron chi connectivity index (χ0n) is 43.8. The Kier molecular flexibility index (Phi) is 14.6. The van der Waals surface area contributed by atoms with Crippen LogP contribution in [-0.2, 0) is 38.5 Å². The van der Waals surface area contributed by atoms with E-state index in [4.69, 9.17) is 14.2 Å². The quantitative estimate of drug-likeness (QED) is 0.0313. The summed E-state index contributed by atoms with van der Waals surface area (Å²) >= 11 is 0. The van der Waals surface area contributed by atoms with Gasteiger partial charge in [-0.2, -0.15) is 0 Å². The molecule has 8 N–H and O–H groups in total. The van der Waals surface area contributed by atoms with Gasteiger partial charge in [0.25, 0.3) is 0 Å². The zero-order chi connectivity index (χ0) is 53.6. The molecular weight excluding hydrogens is 977 g/mol. The minimum Gasteiger partial charge on any atom is -0.504 e. The number of hydrogen-bond donors (Lipinski definition) is 8. The normalized spacial score (nSPS) is 28.6. The summed E-state index contributed by atoms with van der Waals surface area (Å²) in [5.74, 6) is 4.66. The summed E-state index contributed by atoms with van der Waals surface area (Å²) in [5.41, 5.74) is 6.69. The second-order valence-corrected chi connectivity index (χ2v) is 22.8. The summed E-state index contributed by atoms with van der Waals surface area (Å²) < 4.78 is 19.9. The van der Waals surface area contributed by atoms with Crippen LogP contribution < -0.4 is 14.8 Å². The van der Waals surface area contributed by atoms with Crippen molar-refractivity contribution in [1.82, 2.24) is 19.9 Å². The number of para-hydroxylation sites is 1. The third-order valence-corrected chi connectivity index (χ3v) is 18.1. The summed E-state index contributed by atoms with van der Waals surface area (Å²) in [6.45, 7) is 2.42. The first-order chi connectivity index (χ1) is 37.3. The number of phenols is 2. The number of benzene rings is 3. The van der Waals surface area contributed by atoms with Crippen molar-refractivity contribution < 1.29 is 54.1 Å². The lowest BCUT2D eigenvalue weighted by atomic mass is 9.46. The lowest BCUT2D eigenvalue weighted by Gasteiger charge is -2.58. The van der Waals surface area contributed by atoms with Crippen molar-refractivity contribution in [3.8, 4) is 34.8 Å². The van der Waals surface area contributed by atoms with Crippen molar-refractivity contribution in [2.45, 2.75) is 120 Å². The maximum absolute atomic E-state index is 15.3. The summed E-state index contributed by atoms with van der Waals surface area (Å²) in [6.07, 6.45) is 9.67. The minimum absolute atomic E-state index is 0.00220. The van der Waals surface area contributed by atoms with Gasteiger partial charge in [-0.3, -0.25) is 9.59 Å². The van der Waals surface area contributed by atoms with Crippen LogP contribution in [0.1, 0.15) is 105 Å². The lowest BCUT2D eigenvalue weighted by Crippen LogP contribution is -2.55. The smallest absolute Gasteiger partial charge is 0.318 e. The van der Waals surface area contributed by atoms with Crippen molar-refractivity contribution in [1.29, 1.82) is 0 Å². The van der Waals surface area contributed by atoms with Crippen LogP contribution in [0.4, 0.5) is 0 Å². The van der Waals surface area contributed by atoms with Crippen LogP contribution in [0.2, 0.25) is 0 Å². The molecule has 3 saturated carbocycles. The monoisotopic (exact) mass is 1050 g/mol. The number of aromatic nitrogens is 3. The highest BCUT2D eigenvalue weighted by atomic mass is 16.5. The average molecular weight is 1050 g/mol. The van der Waals surface area contributed by atoms with Crippen LogP contribution in [-0.4, -0.2) is 109 Å². The number of nitrogens with zero attached hydrogens (tertiary/aromatic N) is 1. The van der Waals surface area contributed by atoms with E-state index in [1.165, 1.54) is 13.2 Å². The number of ether oxygens (including phenoxy) is 3. The summed E-state index contributed by atoms with van der Waals surface area (Å²) in [5, 5.41) is 59.2. The molecule has 1 aliphatic heterocycles. The van der Waals surface area contributed by atoms with E-state index in [9.17, 15) is 35.1 Å². The molecule has 3 aromatic heterocycles. The second kappa shape index (κ2) is 21.5. The number of phenolic OH excluding ortho intramolecular Hbond substituents is 2. The minimum atomic E-state index is -0.821. The Morgan fingerprint density at radius 3 is 2.65 bits per heavy atom. The number of aldehydes is 1. The SMILES string of the molecule is COc1cc2c(cc1O)C1=C[C@H]3C[C@]4(C[C@@](Cn5ccc6[nH]ccc65)(NC[C@H](C)O)C[C@H]4C=O)[C@H]4C[C@@H](O)CC[C@H]4[C@@H]3[C@@H]2CC(=O)C[C@@H](CCc2ccc(O)c(OCCO)c2)OC(=O)CC#CCc2c1[nH]c1ccccc21. The van der Waals surface area contributed by atoms with Gasteiger partial charge in [0.2, 0.25) is 0 Å². The molecule has 4 heterocycles. The van der Waals surface area contributed by atoms with Crippen LogP contribution in [0.25, 0.3) is 27.5 Å². The van der Waals surface area contributed by atoms with Gasteiger partial charge in [-0.05, 0) is 158 Å². The molecule has 4 aliphatic carbocycles. The summed E-state index contributed by atoms with van der Waals surface area (Å²) in [4.78, 5) is 50.3. The standard InChI is InChI=1S/C62H70N4O11/c1-36(69)32-64-61(35-66-20-18-52-53(66)17-19-63-52)31-39(33-68)62(34-61)30-38-24-49-46-28-55(73)56(75-2)29-47(46)48(59(38)45-15-13-40(70)27-50(45)62)26-41(71)25-42(14-11-37-12-16-54(72)57(23-37)76-22-21-67)77-58(74)10-6-4-8-44-43-7-3-5-9-51(43)65-60(44)49/h3,5,7,9,12,16-20,23-24,28-29,33,36,38-40,42,45,48,50,59,63-65,67,69-70,72-73H,8,10-11,13-15,21-22,25-27,30-32,34-35H2,1-2H3/t36-,38-,39-,40-,42+,45+,48+,50-,59+,61-,62+/m0/s1. The van der Waals surface area contributed by atoms with Crippen LogP contribution in [0.3, 0.4) is 0 Å². The highest BCUT2D eigenvalue weighted by molar-refractivity contribution is 5.94. The lowest BCUT2D eigenvalue weighted by molar-refractivity contribution is -0.149. The van der Waals surface area contributed by atoms with Gasteiger partial charge in [0, 0.05) is 72.7 Å². The number of Topliss-reactive ketones (excluding diaryl/α,β-unsaturated/α-hetero) is 1. The molecule has 11 atom stereocenters. The van der Waals surface area contributed by atoms with Gasteiger partial charge in [0.05, 0.1) is 42.7 Å². The first-order valence-electron chi connectivity index (χ1n) is 27.4. The number of aromatic amines is 2. The van der Waals surface area contributed by atoms with Crippen molar-refractivity contribution in [2.24, 2.45) is 35.0 Å². The molecular formula is C62H70N4O11. The summed E-state index contributed by atoms with van der Waals surface area (Å²) in [6, 6.07) is 20.8. The Hall–Kier alpha value is -6.83. The highest BCUT2D eigenvalue weighted by Gasteiger charge is 2.65. The number of β-amino-alcohol motifs (C(OH)–C–C–N with tert-alkyl or cyclic N) is 1. The number of fused-ring (bicyclic) bond motifs is 10. The number of carbonyl (C=O) groups is 3. The Morgan fingerprint density at radius 1 is 0.987 bits per heavy atom. The van der Waals surface area contributed by atoms with Crippen molar-refractivity contribution >= 4 is 45.5 Å². The predicted octanol–water partition coefficient (Wildman–Crippen LogP) is 8.03. The third kappa shape index (κ3) is 10.1. The number of aliphatic hydroxyl groups is 3. The summed E-state index contributed by atoms with van der Waals surface area (Å²) in [7, 11) is 1.52. The fraction of sp³-hybridized carbons (Fsp3) is 0.468. The van der Waals surface area contributed by atoms with Gasteiger partial charge in [0.1, 0.15) is 31.2 Å². The largest absolute Gasteiger partial charge is 0.504 e. The number of aromatic hydroxyl groups is 2. The number of aryl methyl sites for hydroxylation is 1. The Bertz CT molecular complexity index is 3280. The van der Waals surface area contributed by atoms with Gasteiger partial charge in [-0.25, -0.2) is 0 Å². The number of rotatable bonds is 13. The maximum Gasteiger partial charge on any atom is 0.318 e. The van der Waals surface area contributed by atoms with E-state index < -0.39 is 47.1 Å². The van der Waals surface area contributed by atoms with Gasteiger partial charge in [0.15, 0.2) is 23.0 Å². The topological polar surface area (TPSA) is 229 Å². The number of allylic oxidation sites excluding steroid dienone is 1. The molecule has 11 rings (SSSR count). The van der Waals surface area contributed by atoms with Crippen LogP contribution in [0, 0.1) is 46.8 Å². The molecule has 0 unspecified atom stereocenters. The fourth-order valence-electron chi connectivity index (χ4n) is 15.0. The van der Waals surface area contributed by atoms with Gasteiger partial charge >= 0.3 is 5.97 Å². The molecule has 15 heteroatoms. The van der Waals surface area contributed by atoms with Crippen molar-refractivity contribution in [2.75, 3.05) is 26.9 Å². The van der Waals surface area contributed by atoms with Crippen molar-refractivity contribution in [3.63, 3.8) is 0 Å². The predicted molar refractivity (Wildman–Crippen MR) is 290 cm³/mol. The fourth-order valence-corrected chi connectivity index (χ4v) is 15.0. The Morgan fingerprint density at radius 2 is 1.83 bits per heavy atom. The number of esters is 1. The van der Waals surface area contributed by atoms with E-state index in [1.807, 2.05) is 30.5 Å². The zero-order valence-corrected chi connectivity index (χ0v) is 43.8. The van der Waals surface area contributed by atoms with E-state index in [2.05, 4.69) is 62.2 Å². The average Bonchev–Trinajstić information content (AvgIpc) is 4.19. The Labute approximate surface area is 448 Å². The molecule has 15 nitrogen and oxygen atoms in total. The first-order valence-corrected chi connectivity index (χ1v) is 27.4. The van der Waals surface area contributed by atoms with E-state index in [-0.39, 0.29) is 97.8 Å². The molecule has 3 aromatic carbocycles. The molecule has 404 valence electrons.